The summed E-state index contributed by atoms with van der Waals surface area (Å²) in [5, 5.41) is 7.35. The van der Waals surface area contributed by atoms with Gasteiger partial charge in [0.1, 0.15) is 0 Å². The summed E-state index contributed by atoms with van der Waals surface area (Å²) in [6.07, 6.45) is 1.64. The Bertz CT molecular complexity index is 577. The molecule has 4 N–H and O–H groups in total. The third-order valence-corrected chi connectivity index (χ3v) is 3.39. The van der Waals surface area contributed by atoms with Gasteiger partial charge in [-0.25, -0.2) is 0 Å². The zero-order valence-electron chi connectivity index (χ0n) is 10.00. The number of thiophene rings is 1. The first kappa shape index (κ1) is 12.3. The number of aryl methyl sites for hydroxylation is 1. The summed E-state index contributed by atoms with van der Waals surface area (Å²) in [5.74, 6) is -0.0402. The monoisotopic (exact) mass is 258 g/mol. The van der Waals surface area contributed by atoms with Gasteiger partial charge in [0.25, 0.3) is 0 Å². The van der Waals surface area contributed by atoms with Crippen LogP contribution in [-0.4, -0.2) is 12.2 Å². The van der Waals surface area contributed by atoms with Crippen LogP contribution in [0.2, 0.25) is 0 Å². The summed E-state index contributed by atoms with van der Waals surface area (Å²) in [6, 6.07) is 12.5. The van der Waals surface area contributed by atoms with Gasteiger partial charge < -0.3 is 11.5 Å². The van der Waals surface area contributed by atoms with E-state index in [-0.39, 0.29) is 5.96 Å². The Morgan fingerprint density at radius 3 is 2.50 bits per heavy atom. The zero-order chi connectivity index (χ0) is 13.0. The third kappa shape index (κ3) is 3.18. The van der Waals surface area contributed by atoms with Crippen LogP contribution in [0.4, 0.5) is 0 Å². The van der Waals surface area contributed by atoms with E-state index in [1.807, 2.05) is 6.07 Å². The minimum atomic E-state index is -0.0402. The molecule has 0 fully saturated rings. The van der Waals surface area contributed by atoms with Crippen molar-refractivity contribution in [2.75, 3.05) is 0 Å². The van der Waals surface area contributed by atoms with Crippen LogP contribution in [-0.2, 0) is 0 Å². The lowest BCUT2D eigenvalue weighted by Crippen LogP contribution is -2.21. The molecule has 18 heavy (non-hydrogen) atoms. The van der Waals surface area contributed by atoms with Gasteiger partial charge in [0.05, 0.1) is 6.21 Å². The minimum Gasteiger partial charge on any atom is -0.369 e. The Kier molecular flexibility index (Phi) is 3.74. The van der Waals surface area contributed by atoms with E-state index < -0.39 is 0 Å². The van der Waals surface area contributed by atoms with Gasteiger partial charge in [0.15, 0.2) is 0 Å². The molecule has 0 bridgehead atoms. The first-order chi connectivity index (χ1) is 8.65. The molecule has 0 radical (unpaired) electrons. The number of rotatable bonds is 3. The maximum atomic E-state index is 5.18. The lowest BCUT2D eigenvalue weighted by molar-refractivity contribution is 1.22. The van der Waals surface area contributed by atoms with E-state index in [9.17, 15) is 0 Å². The molecule has 0 amide bonds. The predicted octanol–water partition coefficient (Wildman–Crippen LogP) is 2.33. The largest absolute Gasteiger partial charge is 0.369 e. The summed E-state index contributed by atoms with van der Waals surface area (Å²) < 4.78 is 0. The van der Waals surface area contributed by atoms with Crippen molar-refractivity contribution in [3.63, 3.8) is 0 Å². The Morgan fingerprint density at radius 1 is 1.11 bits per heavy atom. The smallest absolute Gasteiger partial charge is 0.211 e. The lowest BCUT2D eigenvalue weighted by atomic mass is 10.1. The number of hydrogen-bond acceptors (Lipinski definition) is 3. The Morgan fingerprint density at radius 2 is 1.83 bits per heavy atom. The Hall–Kier alpha value is -2.14. The molecule has 2 aromatic rings. The number of nitrogens with zero attached hydrogens (tertiary/aromatic N) is 2. The van der Waals surface area contributed by atoms with Crippen LogP contribution >= 0.6 is 11.3 Å². The van der Waals surface area contributed by atoms with Crippen molar-refractivity contribution in [3.8, 4) is 10.4 Å². The van der Waals surface area contributed by atoms with E-state index in [0.717, 1.165) is 4.88 Å². The van der Waals surface area contributed by atoms with Crippen molar-refractivity contribution < 1.29 is 0 Å². The molecule has 0 saturated carbocycles. The summed E-state index contributed by atoms with van der Waals surface area (Å²) in [4.78, 5) is 2.21. The molecule has 0 spiro atoms. The number of nitrogens with two attached hydrogens (primary N) is 2. The maximum absolute atomic E-state index is 5.18. The highest BCUT2D eigenvalue weighted by Gasteiger charge is 2.00. The topological polar surface area (TPSA) is 76.8 Å². The molecular weight excluding hydrogens is 244 g/mol. The first-order valence-electron chi connectivity index (χ1n) is 5.44. The van der Waals surface area contributed by atoms with Crippen LogP contribution in [0.3, 0.4) is 0 Å². The quantitative estimate of drug-likeness (QED) is 0.503. The van der Waals surface area contributed by atoms with E-state index in [1.165, 1.54) is 16.0 Å². The Labute approximate surface area is 110 Å². The van der Waals surface area contributed by atoms with Gasteiger partial charge in [-0.3, -0.25) is 0 Å². The van der Waals surface area contributed by atoms with Crippen molar-refractivity contribution >= 4 is 23.5 Å². The molecule has 2 rings (SSSR count). The third-order valence-electron chi connectivity index (χ3n) is 2.32. The minimum absolute atomic E-state index is 0.0402. The van der Waals surface area contributed by atoms with Crippen LogP contribution in [0.25, 0.3) is 10.4 Å². The van der Waals surface area contributed by atoms with Gasteiger partial charge in [-0.15, -0.1) is 16.4 Å². The summed E-state index contributed by atoms with van der Waals surface area (Å²) >= 11 is 1.64. The highest BCUT2D eigenvalue weighted by atomic mass is 32.1. The predicted molar refractivity (Wildman–Crippen MR) is 77.9 cm³/mol. The summed E-state index contributed by atoms with van der Waals surface area (Å²) in [6.45, 7) is 2.07. The molecular formula is C13H14N4S. The summed E-state index contributed by atoms with van der Waals surface area (Å²) in [5.41, 5.74) is 12.8. The van der Waals surface area contributed by atoms with Crippen LogP contribution in [0.15, 0.2) is 46.6 Å². The summed E-state index contributed by atoms with van der Waals surface area (Å²) in [7, 11) is 0. The van der Waals surface area contributed by atoms with Crippen molar-refractivity contribution in [2.45, 2.75) is 6.92 Å². The maximum Gasteiger partial charge on any atom is 0.211 e. The van der Waals surface area contributed by atoms with Crippen molar-refractivity contribution in [1.29, 1.82) is 0 Å². The SMILES string of the molecule is Cc1ccc(-c2ccc(/C=N/N=C(N)N)s2)cc1. The molecule has 1 heterocycles. The fourth-order valence-corrected chi connectivity index (χ4v) is 2.33. The highest BCUT2D eigenvalue weighted by molar-refractivity contribution is 7.17. The van der Waals surface area contributed by atoms with Crippen LogP contribution in [0, 0.1) is 6.92 Å². The standard InChI is InChI=1S/C13H14N4S/c1-9-2-4-10(5-3-9)12-7-6-11(18-12)8-16-17-13(14)15/h2-8H,1H3,(H4,14,15,17)/b16-8+. The normalized spacial score (nSPS) is 10.7. The van der Waals surface area contributed by atoms with Gasteiger partial charge in [-0.2, -0.15) is 5.10 Å². The first-order valence-corrected chi connectivity index (χ1v) is 6.25. The van der Waals surface area contributed by atoms with E-state index >= 15 is 0 Å². The molecule has 0 aliphatic carbocycles. The number of hydrogen-bond donors (Lipinski definition) is 2. The molecule has 1 aromatic carbocycles. The highest BCUT2D eigenvalue weighted by Crippen LogP contribution is 2.27. The van der Waals surface area contributed by atoms with Gasteiger partial charge in [0.2, 0.25) is 5.96 Å². The van der Waals surface area contributed by atoms with Crippen molar-refractivity contribution in [2.24, 2.45) is 21.7 Å². The van der Waals surface area contributed by atoms with Crippen molar-refractivity contribution in [3.05, 3.63) is 46.8 Å². The van der Waals surface area contributed by atoms with Crippen LogP contribution < -0.4 is 11.5 Å². The number of guanidine groups is 1. The van der Waals surface area contributed by atoms with E-state index in [2.05, 4.69) is 47.5 Å². The average molecular weight is 258 g/mol. The van der Waals surface area contributed by atoms with E-state index in [0.29, 0.717) is 0 Å². The van der Waals surface area contributed by atoms with Gasteiger partial charge >= 0.3 is 0 Å². The molecule has 0 aliphatic rings. The second kappa shape index (κ2) is 5.46. The zero-order valence-corrected chi connectivity index (χ0v) is 10.8. The van der Waals surface area contributed by atoms with Crippen LogP contribution in [0.1, 0.15) is 10.4 Å². The average Bonchev–Trinajstić information content (AvgIpc) is 2.78. The van der Waals surface area contributed by atoms with E-state index in [4.69, 9.17) is 11.5 Å². The molecule has 0 atom stereocenters. The number of benzene rings is 1. The molecule has 92 valence electrons. The molecule has 1 aromatic heterocycles. The lowest BCUT2D eigenvalue weighted by Gasteiger charge is -1.97. The fourth-order valence-electron chi connectivity index (χ4n) is 1.45. The van der Waals surface area contributed by atoms with Crippen LogP contribution in [0.5, 0.6) is 0 Å². The fraction of sp³-hybridized carbons (Fsp3) is 0.0769. The second-order valence-electron chi connectivity index (χ2n) is 3.84. The van der Waals surface area contributed by atoms with Gasteiger partial charge in [0, 0.05) is 9.75 Å². The van der Waals surface area contributed by atoms with E-state index in [1.54, 1.807) is 17.6 Å². The molecule has 0 saturated heterocycles. The van der Waals surface area contributed by atoms with Gasteiger partial charge in [-0.1, -0.05) is 29.8 Å². The van der Waals surface area contributed by atoms with Gasteiger partial charge in [-0.05, 0) is 24.6 Å². The Balaban J connectivity index is 2.18. The molecule has 0 aliphatic heterocycles. The molecule has 4 nitrogen and oxygen atoms in total. The van der Waals surface area contributed by atoms with Crippen molar-refractivity contribution in [1.82, 2.24) is 0 Å². The second-order valence-corrected chi connectivity index (χ2v) is 4.95. The molecule has 5 heteroatoms. The molecule has 0 unspecified atom stereocenters.